The van der Waals surface area contributed by atoms with Crippen molar-refractivity contribution in [2.75, 3.05) is 30.8 Å². The van der Waals surface area contributed by atoms with Crippen LogP contribution in [0.4, 0.5) is 16.2 Å². The van der Waals surface area contributed by atoms with Crippen LogP contribution in [0.5, 0.6) is 5.75 Å². The van der Waals surface area contributed by atoms with Gasteiger partial charge in [0.1, 0.15) is 18.5 Å². The number of anilines is 2. The quantitative estimate of drug-likeness (QED) is 0.577. The molecule has 0 saturated carbocycles. The van der Waals surface area contributed by atoms with E-state index in [1.165, 1.54) is 0 Å². The van der Waals surface area contributed by atoms with Crippen molar-refractivity contribution in [3.05, 3.63) is 53.1 Å². The van der Waals surface area contributed by atoms with Crippen molar-refractivity contribution in [2.45, 2.75) is 44.4 Å². The minimum absolute atomic E-state index is 0.0439. The van der Waals surface area contributed by atoms with Crippen molar-refractivity contribution in [2.24, 2.45) is 0 Å². The van der Waals surface area contributed by atoms with E-state index in [0.717, 1.165) is 0 Å². The largest absolute Gasteiger partial charge is 0.490 e. The van der Waals surface area contributed by atoms with Crippen LogP contribution >= 0.6 is 11.6 Å². The molecule has 1 saturated heterocycles. The van der Waals surface area contributed by atoms with E-state index in [9.17, 15) is 14.4 Å². The Morgan fingerprint density at radius 2 is 1.80 bits per heavy atom. The molecule has 0 aliphatic carbocycles. The second-order valence-electron chi connectivity index (χ2n) is 8.62. The van der Waals surface area contributed by atoms with E-state index >= 15 is 0 Å². The third-order valence-corrected chi connectivity index (χ3v) is 6.41. The van der Waals surface area contributed by atoms with Crippen molar-refractivity contribution < 1.29 is 23.9 Å². The van der Waals surface area contributed by atoms with Gasteiger partial charge in [0, 0.05) is 30.0 Å². The summed E-state index contributed by atoms with van der Waals surface area (Å²) in [6.07, 6.45) is 1.12. The van der Waals surface area contributed by atoms with Gasteiger partial charge in [-0.1, -0.05) is 11.6 Å². The van der Waals surface area contributed by atoms with Crippen LogP contribution in [0.15, 0.2) is 42.5 Å². The number of halogens is 1. The highest BCUT2D eigenvalue weighted by Gasteiger charge is 2.39. The normalized spacial score (nSPS) is 21.5. The Morgan fingerprint density at radius 1 is 1.09 bits per heavy atom. The number of likely N-dealkylation sites (N-methyl/N-ethyl adjacent to an activating group) is 1. The molecule has 1 fully saturated rings. The summed E-state index contributed by atoms with van der Waals surface area (Å²) in [7, 11) is 1.75. The van der Waals surface area contributed by atoms with Crippen LogP contribution in [0.25, 0.3) is 0 Å². The molecule has 9 nitrogen and oxygen atoms in total. The average Bonchev–Trinajstić information content (AvgIpc) is 2.83. The zero-order valence-electron chi connectivity index (χ0n) is 19.7. The lowest BCUT2D eigenvalue weighted by molar-refractivity contribution is -0.133. The van der Waals surface area contributed by atoms with Crippen LogP contribution in [0.1, 0.15) is 36.5 Å². The van der Waals surface area contributed by atoms with E-state index in [4.69, 9.17) is 21.1 Å². The van der Waals surface area contributed by atoms with E-state index in [-0.39, 0.29) is 36.7 Å². The van der Waals surface area contributed by atoms with Crippen LogP contribution < -0.4 is 20.7 Å². The molecule has 2 heterocycles. The topological polar surface area (TPSA) is 109 Å². The van der Waals surface area contributed by atoms with E-state index in [1.54, 1.807) is 54.4 Å². The van der Waals surface area contributed by atoms with Gasteiger partial charge in [0.05, 0.1) is 24.1 Å². The van der Waals surface area contributed by atoms with Gasteiger partial charge in [0.2, 0.25) is 5.91 Å². The number of nitrogens with one attached hydrogen (secondary N) is 3. The third-order valence-electron chi connectivity index (χ3n) is 6.16. The molecule has 2 aromatic carbocycles. The van der Waals surface area contributed by atoms with Gasteiger partial charge in [-0.3, -0.25) is 9.59 Å². The minimum Gasteiger partial charge on any atom is -0.490 e. The number of benzene rings is 2. The molecule has 0 spiro atoms. The van der Waals surface area contributed by atoms with Gasteiger partial charge >= 0.3 is 6.03 Å². The molecule has 10 heteroatoms. The van der Waals surface area contributed by atoms with Gasteiger partial charge in [-0.25, -0.2) is 4.79 Å². The Balaban J connectivity index is 1.44. The van der Waals surface area contributed by atoms with Gasteiger partial charge < -0.3 is 30.3 Å². The molecule has 0 aromatic heterocycles. The lowest BCUT2D eigenvalue weighted by Gasteiger charge is -2.42. The van der Waals surface area contributed by atoms with Crippen LogP contribution in [0, 0.1) is 0 Å². The number of hydrogen-bond acceptors (Lipinski definition) is 5. The van der Waals surface area contributed by atoms with Crippen LogP contribution in [-0.2, 0) is 9.53 Å². The Morgan fingerprint density at radius 3 is 2.54 bits per heavy atom. The molecule has 0 radical (unpaired) electrons. The summed E-state index contributed by atoms with van der Waals surface area (Å²) in [5, 5.41) is 8.84. The fraction of sp³-hybridized carbons (Fsp3) is 0.400. The highest BCUT2D eigenvalue weighted by Crippen LogP contribution is 2.32. The number of fused-ring (bicyclic) bond motifs is 2. The molecule has 0 bridgehead atoms. The summed E-state index contributed by atoms with van der Waals surface area (Å²) in [6.45, 7) is 2.71. The molecule has 2 aromatic rings. The molecule has 3 N–H and O–H groups in total. The maximum absolute atomic E-state index is 13.3. The molecule has 2 aliphatic rings. The summed E-state index contributed by atoms with van der Waals surface area (Å²) in [4.78, 5) is 39.4. The molecular formula is C25H29ClN4O5. The SMILES string of the molecule is CCNC(=O)C[C@H]1CC[C@@H]2[C@H](COc3ccc(NC(=O)Nc4ccc(Cl)cc4)cc3C(=O)N2C)O1. The molecule has 0 unspecified atom stereocenters. The second kappa shape index (κ2) is 11.0. The Kier molecular flexibility index (Phi) is 7.77. The maximum atomic E-state index is 13.3. The zero-order valence-corrected chi connectivity index (χ0v) is 20.4. The van der Waals surface area contributed by atoms with Crippen molar-refractivity contribution in [1.82, 2.24) is 10.2 Å². The van der Waals surface area contributed by atoms with Gasteiger partial charge in [0.15, 0.2) is 0 Å². The van der Waals surface area contributed by atoms with Crippen molar-refractivity contribution in [3.63, 3.8) is 0 Å². The van der Waals surface area contributed by atoms with Gasteiger partial charge in [0.25, 0.3) is 5.91 Å². The zero-order chi connectivity index (χ0) is 24.9. The fourth-order valence-electron chi connectivity index (χ4n) is 4.41. The first-order chi connectivity index (χ1) is 16.8. The lowest BCUT2D eigenvalue weighted by atomic mass is 9.94. The number of amides is 4. The van der Waals surface area contributed by atoms with Gasteiger partial charge in [-0.2, -0.15) is 0 Å². The van der Waals surface area contributed by atoms with E-state index in [0.29, 0.717) is 53.5 Å². The number of carbonyl (C=O) groups excluding carboxylic acids is 3. The van der Waals surface area contributed by atoms with Crippen LogP contribution in [0.3, 0.4) is 0 Å². The Labute approximate surface area is 209 Å². The molecule has 4 amide bonds. The lowest BCUT2D eigenvalue weighted by Crippen LogP contribution is -2.54. The monoisotopic (exact) mass is 500 g/mol. The van der Waals surface area contributed by atoms with E-state index in [2.05, 4.69) is 16.0 Å². The predicted octanol–water partition coefficient (Wildman–Crippen LogP) is 3.89. The van der Waals surface area contributed by atoms with Crippen molar-refractivity contribution >= 4 is 40.8 Å². The Hall–Kier alpha value is -3.30. The maximum Gasteiger partial charge on any atom is 0.323 e. The smallest absolute Gasteiger partial charge is 0.323 e. The van der Waals surface area contributed by atoms with Gasteiger partial charge in [-0.05, 0) is 62.2 Å². The highest BCUT2D eigenvalue weighted by molar-refractivity contribution is 6.30. The number of hydrogen-bond donors (Lipinski definition) is 3. The summed E-state index contributed by atoms with van der Waals surface area (Å²) in [5.41, 5.74) is 1.41. The molecule has 4 rings (SSSR count). The van der Waals surface area contributed by atoms with Crippen molar-refractivity contribution in [3.8, 4) is 5.75 Å². The van der Waals surface area contributed by atoms with Gasteiger partial charge in [-0.15, -0.1) is 0 Å². The molecular weight excluding hydrogens is 472 g/mol. The summed E-state index contributed by atoms with van der Waals surface area (Å²) in [6, 6.07) is 11.1. The standard InChI is InChI=1S/C25H29ClN4O5/c1-3-27-23(31)13-18-9-10-20-22(35-18)14-34-21-11-8-17(12-19(21)24(32)30(20)2)29-25(33)28-16-6-4-15(26)5-7-16/h4-8,11-12,18,20,22H,3,9-10,13-14H2,1-2H3,(H,27,31)(H2,28,29,33)/t18-,20-,22+/m1/s1. The second-order valence-corrected chi connectivity index (χ2v) is 9.06. The minimum atomic E-state index is -0.446. The first kappa shape index (κ1) is 24.8. The number of urea groups is 1. The predicted molar refractivity (Wildman–Crippen MR) is 133 cm³/mol. The first-order valence-corrected chi connectivity index (χ1v) is 12.0. The van der Waals surface area contributed by atoms with Crippen LogP contribution in [-0.4, -0.2) is 61.2 Å². The van der Waals surface area contributed by atoms with Crippen molar-refractivity contribution in [1.29, 1.82) is 0 Å². The number of ether oxygens (including phenoxy) is 2. The molecule has 2 aliphatic heterocycles. The fourth-order valence-corrected chi connectivity index (χ4v) is 4.53. The molecule has 3 atom stereocenters. The summed E-state index contributed by atoms with van der Waals surface area (Å²) < 4.78 is 12.1. The Bertz CT molecular complexity index is 1090. The molecule has 35 heavy (non-hydrogen) atoms. The first-order valence-electron chi connectivity index (χ1n) is 11.6. The average molecular weight is 501 g/mol. The third kappa shape index (κ3) is 6.04. The number of rotatable bonds is 5. The summed E-state index contributed by atoms with van der Waals surface area (Å²) >= 11 is 5.88. The summed E-state index contributed by atoms with van der Waals surface area (Å²) in [5.74, 6) is 0.151. The van der Waals surface area contributed by atoms with Crippen LogP contribution in [0.2, 0.25) is 5.02 Å². The highest BCUT2D eigenvalue weighted by atomic mass is 35.5. The number of nitrogens with zero attached hydrogens (tertiary/aromatic N) is 1. The van der Waals surface area contributed by atoms with E-state index in [1.807, 2.05) is 6.92 Å². The van der Waals surface area contributed by atoms with E-state index < -0.39 is 6.03 Å². The molecule has 186 valence electrons. The number of carbonyl (C=O) groups is 3.